The smallest absolute Gasteiger partial charge is 0.272 e. The SMILES string of the molecule is Cl.Cl.NCC1CCCCN1C(=O)c1ccccn1. The number of carbonyl (C=O) groups is 1. The van der Waals surface area contributed by atoms with Crippen LogP contribution in [0.25, 0.3) is 0 Å². The van der Waals surface area contributed by atoms with Crippen LogP contribution in [0.5, 0.6) is 0 Å². The summed E-state index contributed by atoms with van der Waals surface area (Å²) in [7, 11) is 0. The lowest BCUT2D eigenvalue weighted by atomic mass is 10.0. The zero-order valence-corrected chi connectivity index (χ0v) is 11.8. The first-order valence-electron chi connectivity index (χ1n) is 5.75. The van der Waals surface area contributed by atoms with Gasteiger partial charge in [0, 0.05) is 25.3 Å². The van der Waals surface area contributed by atoms with E-state index in [4.69, 9.17) is 5.73 Å². The van der Waals surface area contributed by atoms with Crippen molar-refractivity contribution in [2.24, 2.45) is 5.73 Å². The van der Waals surface area contributed by atoms with Gasteiger partial charge in [0.2, 0.25) is 0 Å². The third kappa shape index (κ3) is 3.83. The number of piperidine rings is 1. The molecule has 0 radical (unpaired) electrons. The molecule has 1 aliphatic rings. The Kier molecular flexibility index (Phi) is 7.91. The van der Waals surface area contributed by atoms with Gasteiger partial charge in [-0.25, -0.2) is 0 Å². The van der Waals surface area contributed by atoms with Gasteiger partial charge in [0.1, 0.15) is 5.69 Å². The van der Waals surface area contributed by atoms with Crippen molar-refractivity contribution >= 4 is 30.7 Å². The molecule has 1 aromatic rings. The first-order chi connectivity index (χ1) is 7.83. The molecular formula is C12H19Cl2N3O. The maximum Gasteiger partial charge on any atom is 0.272 e. The van der Waals surface area contributed by atoms with Crippen molar-refractivity contribution in [3.8, 4) is 0 Å². The van der Waals surface area contributed by atoms with E-state index >= 15 is 0 Å². The Morgan fingerprint density at radius 1 is 1.39 bits per heavy atom. The summed E-state index contributed by atoms with van der Waals surface area (Å²) in [4.78, 5) is 18.1. The van der Waals surface area contributed by atoms with Gasteiger partial charge in [-0.3, -0.25) is 9.78 Å². The van der Waals surface area contributed by atoms with Crippen LogP contribution in [0.15, 0.2) is 24.4 Å². The Labute approximate surface area is 120 Å². The zero-order valence-electron chi connectivity index (χ0n) is 10.1. The van der Waals surface area contributed by atoms with Crippen LogP contribution in [0, 0.1) is 0 Å². The standard InChI is InChI=1S/C12H17N3O.2ClH/c13-9-10-5-2-4-8-15(10)12(16)11-6-1-3-7-14-11;;/h1,3,6-7,10H,2,4-5,8-9,13H2;2*1H. The van der Waals surface area contributed by atoms with E-state index in [9.17, 15) is 4.79 Å². The van der Waals surface area contributed by atoms with E-state index in [1.165, 1.54) is 0 Å². The lowest BCUT2D eigenvalue weighted by Crippen LogP contribution is -2.47. The number of rotatable bonds is 2. The maximum atomic E-state index is 12.2. The Morgan fingerprint density at radius 2 is 2.17 bits per heavy atom. The minimum absolute atomic E-state index is 0. The van der Waals surface area contributed by atoms with Crippen molar-refractivity contribution < 1.29 is 4.79 Å². The molecule has 2 rings (SSSR count). The van der Waals surface area contributed by atoms with Crippen molar-refractivity contribution in [2.75, 3.05) is 13.1 Å². The number of pyridine rings is 1. The number of amides is 1. The molecule has 0 aromatic carbocycles. The molecule has 1 amide bonds. The van der Waals surface area contributed by atoms with Gasteiger partial charge >= 0.3 is 0 Å². The van der Waals surface area contributed by atoms with E-state index in [0.717, 1.165) is 25.8 Å². The van der Waals surface area contributed by atoms with Crippen LogP contribution in [0.1, 0.15) is 29.8 Å². The third-order valence-electron chi connectivity index (χ3n) is 3.04. The summed E-state index contributed by atoms with van der Waals surface area (Å²) in [6.07, 6.45) is 4.88. The summed E-state index contributed by atoms with van der Waals surface area (Å²) in [5, 5.41) is 0. The van der Waals surface area contributed by atoms with Crippen molar-refractivity contribution in [2.45, 2.75) is 25.3 Å². The predicted octanol–water partition coefficient (Wildman–Crippen LogP) is 1.88. The fourth-order valence-electron chi connectivity index (χ4n) is 2.15. The summed E-state index contributed by atoms with van der Waals surface area (Å²) in [5.41, 5.74) is 6.21. The zero-order chi connectivity index (χ0) is 11.4. The van der Waals surface area contributed by atoms with Crippen LogP contribution in [0.2, 0.25) is 0 Å². The number of likely N-dealkylation sites (tertiary alicyclic amines) is 1. The number of hydrogen-bond acceptors (Lipinski definition) is 3. The minimum atomic E-state index is 0. The summed E-state index contributed by atoms with van der Waals surface area (Å²) in [5.74, 6) is 0.00995. The Balaban J connectivity index is 0.00000144. The van der Waals surface area contributed by atoms with E-state index in [-0.39, 0.29) is 36.8 Å². The van der Waals surface area contributed by atoms with E-state index in [2.05, 4.69) is 4.98 Å². The molecule has 0 aliphatic carbocycles. The van der Waals surface area contributed by atoms with Gasteiger partial charge in [-0.05, 0) is 31.4 Å². The molecule has 102 valence electrons. The topological polar surface area (TPSA) is 59.2 Å². The lowest BCUT2D eigenvalue weighted by molar-refractivity contribution is 0.0617. The molecule has 0 spiro atoms. The molecule has 2 N–H and O–H groups in total. The molecule has 0 saturated carbocycles. The molecule has 1 saturated heterocycles. The molecule has 2 heterocycles. The van der Waals surface area contributed by atoms with E-state index in [1.54, 1.807) is 12.3 Å². The van der Waals surface area contributed by atoms with Crippen molar-refractivity contribution in [1.82, 2.24) is 9.88 Å². The summed E-state index contributed by atoms with van der Waals surface area (Å²) in [6, 6.07) is 5.59. The maximum absolute atomic E-state index is 12.2. The molecule has 6 heteroatoms. The molecule has 1 atom stereocenters. The Morgan fingerprint density at radius 3 is 2.78 bits per heavy atom. The van der Waals surface area contributed by atoms with Gasteiger partial charge in [-0.15, -0.1) is 24.8 Å². The van der Waals surface area contributed by atoms with Crippen LogP contribution in [-0.4, -0.2) is 34.9 Å². The van der Waals surface area contributed by atoms with Gasteiger partial charge in [-0.1, -0.05) is 6.07 Å². The third-order valence-corrected chi connectivity index (χ3v) is 3.04. The highest BCUT2D eigenvalue weighted by atomic mass is 35.5. The van der Waals surface area contributed by atoms with E-state index in [1.807, 2.05) is 17.0 Å². The van der Waals surface area contributed by atoms with Crippen molar-refractivity contribution in [3.05, 3.63) is 30.1 Å². The average Bonchev–Trinajstić information content (AvgIpc) is 2.39. The number of hydrogen-bond donors (Lipinski definition) is 1. The molecule has 0 bridgehead atoms. The van der Waals surface area contributed by atoms with Crippen LogP contribution in [0.3, 0.4) is 0 Å². The molecular weight excluding hydrogens is 273 g/mol. The number of nitrogens with zero attached hydrogens (tertiary/aromatic N) is 2. The summed E-state index contributed by atoms with van der Waals surface area (Å²) < 4.78 is 0. The fraction of sp³-hybridized carbons (Fsp3) is 0.500. The Bertz CT molecular complexity index is 362. The first-order valence-corrected chi connectivity index (χ1v) is 5.75. The Hall–Kier alpha value is -0.840. The van der Waals surface area contributed by atoms with Gasteiger partial charge in [0.15, 0.2) is 0 Å². The van der Waals surface area contributed by atoms with Crippen LogP contribution in [0.4, 0.5) is 0 Å². The second-order valence-electron chi connectivity index (χ2n) is 4.10. The van der Waals surface area contributed by atoms with E-state index in [0.29, 0.717) is 12.2 Å². The largest absolute Gasteiger partial charge is 0.333 e. The molecule has 1 unspecified atom stereocenters. The lowest BCUT2D eigenvalue weighted by Gasteiger charge is -2.34. The second kappa shape index (κ2) is 8.29. The first kappa shape index (κ1) is 17.2. The molecule has 18 heavy (non-hydrogen) atoms. The van der Waals surface area contributed by atoms with Gasteiger partial charge in [0.25, 0.3) is 5.91 Å². The molecule has 1 fully saturated rings. The van der Waals surface area contributed by atoms with E-state index < -0.39 is 0 Å². The number of aromatic nitrogens is 1. The number of carbonyl (C=O) groups excluding carboxylic acids is 1. The van der Waals surface area contributed by atoms with Crippen LogP contribution in [-0.2, 0) is 0 Å². The van der Waals surface area contributed by atoms with Crippen LogP contribution < -0.4 is 5.73 Å². The highest BCUT2D eigenvalue weighted by Gasteiger charge is 2.26. The summed E-state index contributed by atoms with van der Waals surface area (Å²) in [6.45, 7) is 1.34. The van der Waals surface area contributed by atoms with Crippen molar-refractivity contribution in [1.29, 1.82) is 0 Å². The minimum Gasteiger partial charge on any atom is -0.333 e. The molecule has 1 aromatic heterocycles. The molecule has 1 aliphatic heterocycles. The average molecular weight is 292 g/mol. The number of nitrogens with two attached hydrogens (primary N) is 1. The highest BCUT2D eigenvalue weighted by Crippen LogP contribution is 2.18. The fourth-order valence-corrected chi connectivity index (χ4v) is 2.15. The van der Waals surface area contributed by atoms with Crippen LogP contribution >= 0.6 is 24.8 Å². The van der Waals surface area contributed by atoms with Crippen molar-refractivity contribution in [3.63, 3.8) is 0 Å². The summed E-state index contributed by atoms with van der Waals surface area (Å²) >= 11 is 0. The van der Waals surface area contributed by atoms with Gasteiger partial charge < -0.3 is 10.6 Å². The predicted molar refractivity (Wildman–Crippen MR) is 76.5 cm³/mol. The molecule has 4 nitrogen and oxygen atoms in total. The highest BCUT2D eigenvalue weighted by molar-refractivity contribution is 5.92. The van der Waals surface area contributed by atoms with Gasteiger partial charge in [-0.2, -0.15) is 0 Å². The normalized spacial score (nSPS) is 18.5. The monoisotopic (exact) mass is 291 g/mol. The quantitative estimate of drug-likeness (QED) is 0.905. The van der Waals surface area contributed by atoms with Gasteiger partial charge in [0.05, 0.1) is 0 Å². The second-order valence-corrected chi connectivity index (χ2v) is 4.10. The number of halogens is 2.